The molecule has 0 radical (unpaired) electrons. The van der Waals surface area contributed by atoms with E-state index in [1.807, 2.05) is 17.5 Å². The highest BCUT2D eigenvalue weighted by Crippen LogP contribution is 2.40. The highest BCUT2D eigenvalue weighted by Gasteiger charge is 2.32. The van der Waals surface area contributed by atoms with Gasteiger partial charge in [0, 0.05) is 35.3 Å². The van der Waals surface area contributed by atoms with Gasteiger partial charge in [-0.2, -0.15) is 4.37 Å². The van der Waals surface area contributed by atoms with Crippen molar-refractivity contribution in [3.8, 4) is 0 Å². The maximum absolute atomic E-state index is 10.4. The van der Waals surface area contributed by atoms with Gasteiger partial charge in [-0.3, -0.25) is 0 Å². The van der Waals surface area contributed by atoms with Gasteiger partial charge in [0.1, 0.15) is 5.82 Å². The molecular formula is C15H19N3O2S2. The maximum Gasteiger partial charge on any atom is 0.205 e. The van der Waals surface area contributed by atoms with Crippen LogP contribution in [0.1, 0.15) is 42.0 Å². The Morgan fingerprint density at radius 3 is 3.14 bits per heavy atom. The molecule has 5 nitrogen and oxygen atoms in total. The average molecular weight is 337 g/mol. The summed E-state index contributed by atoms with van der Waals surface area (Å²) in [7, 11) is 0. The Bertz CT molecular complexity index is 612. The quantitative estimate of drug-likeness (QED) is 0.909. The fourth-order valence-corrected chi connectivity index (χ4v) is 4.38. The highest BCUT2D eigenvalue weighted by molar-refractivity contribution is 7.10. The fraction of sp³-hybridized carbons (Fsp3) is 0.600. The lowest BCUT2D eigenvalue weighted by Crippen LogP contribution is -2.46. The summed E-state index contributed by atoms with van der Waals surface area (Å²) in [5.74, 6) is 1.59. The minimum Gasteiger partial charge on any atom is -0.387 e. The van der Waals surface area contributed by atoms with Crippen LogP contribution in [0.3, 0.4) is 0 Å². The van der Waals surface area contributed by atoms with Crippen LogP contribution in [0, 0.1) is 0 Å². The lowest BCUT2D eigenvalue weighted by atomic mass is 10.1. The number of thiophene rings is 1. The topological polar surface area (TPSA) is 58.5 Å². The van der Waals surface area contributed by atoms with E-state index in [2.05, 4.69) is 9.27 Å². The van der Waals surface area contributed by atoms with Gasteiger partial charge < -0.3 is 14.7 Å². The Morgan fingerprint density at radius 1 is 1.45 bits per heavy atom. The van der Waals surface area contributed by atoms with Gasteiger partial charge in [-0.1, -0.05) is 6.07 Å². The smallest absolute Gasteiger partial charge is 0.205 e. The van der Waals surface area contributed by atoms with Crippen LogP contribution in [-0.4, -0.2) is 40.3 Å². The summed E-state index contributed by atoms with van der Waals surface area (Å²) in [6, 6.07) is 4.12. The van der Waals surface area contributed by atoms with Crippen LogP contribution in [-0.2, 0) is 4.74 Å². The van der Waals surface area contributed by atoms with Crippen molar-refractivity contribution in [3.05, 3.63) is 28.2 Å². The third-order valence-corrected chi connectivity index (χ3v) is 5.95. The number of ether oxygens (including phenoxy) is 1. The molecule has 2 aliphatic rings. The van der Waals surface area contributed by atoms with E-state index in [0.29, 0.717) is 25.6 Å². The Hall–Kier alpha value is -1.02. The lowest BCUT2D eigenvalue weighted by molar-refractivity contribution is 0.0688. The Labute approximate surface area is 137 Å². The molecule has 1 aliphatic carbocycles. The van der Waals surface area contributed by atoms with Crippen LogP contribution >= 0.6 is 22.9 Å². The Morgan fingerprint density at radius 2 is 2.36 bits per heavy atom. The van der Waals surface area contributed by atoms with Crippen LogP contribution in [0.5, 0.6) is 0 Å². The van der Waals surface area contributed by atoms with Gasteiger partial charge in [0.2, 0.25) is 5.13 Å². The zero-order valence-corrected chi connectivity index (χ0v) is 13.9. The maximum atomic E-state index is 10.4. The number of morpholine rings is 1. The van der Waals surface area contributed by atoms with Gasteiger partial charge in [-0.25, -0.2) is 4.98 Å². The van der Waals surface area contributed by atoms with Crippen molar-refractivity contribution in [3.63, 3.8) is 0 Å². The molecule has 22 heavy (non-hydrogen) atoms. The third-order valence-electron chi connectivity index (χ3n) is 4.21. The molecule has 2 fully saturated rings. The SMILES string of the molecule is O[C@@H](C[C@H]1COCCN1c1nc(C2CC2)ns1)c1cccs1. The molecule has 1 saturated heterocycles. The van der Waals surface area contributed by atoms with E-state index >= 15 is 0 Å². The first kappa shape index (κ1) is 14.6. The van der Waals surface area contributed by atoms with Crippen LogP contribution in [0.2, 0.25) is 0 Å². The molecule has 0 bridgehead atoms. The molecule has 2 aromatic rings. The summed E-state index contributed by atoms with van der Waals surface area (Å²) in [5.41, 5.74) is 0. The van der Waals surface area contributed by atoms with Crippen LogP contribution < -0.4 is 4.90 Å². The van der Waals surface area contributed by atoms with E-state index in [9.17, 15) is 5.11 Å². The summed E-state index contributed by atoms with van der Waals surface area (Å²) >= 11 is 3.08. The Kier molecular flexibility index (Phi) is 4.13. The van der Waals surface area contributed by atoms with E-state index in [1.165, 1.54) is 24.4 Å². The molecule has 1 aliphatic heterocycles. The number of aromatic nitrogens is 2. The van der Waals surface area contributed by atoms with Crippen molar-refractivity contribution in [2.24, 2.45) is 0 Å². The molecule has 0 spiro atoms. The van der Waals surface area contributed by atoms with E-state index < -0.39 is 6.10 Å². The second kappa shape index (κ2) is 6.23. The second-order valence-corrected chi connectivity index (χ2v) is 7.61. The molecule has 2 aromatic heterocycles. The van der Waals surface area contributed by atoms with Crippen molar-refractivity contribution >= 4 is 28.0 Å². The number of nitrogens with zero attached hydrogens (tertiary/aromatic N) is 3. The average Bonchev–Trinajstić information content (AvgIpc) is 3.05. The summed E-state index contributed by atoms with van der Waals surface area (Å²) in [5, 5.41) is 13.4. The Balaban J connectivity index is 1.48. The molecule has 1 N–H and O–H groups in total. The zero-order chi connectivity index (χ0) is 14.9. The second-order valence-electron chi connectivity index (χ2n) is 5.90. The van der Waals surface area contributed by atoms with Crippen molar-refractivity contribution in [2.45, 2.75) is 37.3 Å². The third kappa shape index (κ3) is 3.03. The molecule has 0 amide bonds. The molecule has 2 atom stereocenters. The van der Waals surface area contributed by atoms with E-state index in [1.54, 1.807) is 11.3 Å². The molecule has 1 saturated carbocycles. The molecule has 0 unspecified atom stereocenters. The summed E-state index contributed by atoms with van der Waals surface area (Å²) in [4.78, 5) is 8.00. The highest BCUT2D eigenvalue weighted by atomic mass is 32.1. The zero-order valence-electron chi connectivity index (χ0n) is 12.2. The minimum absolute atomic E-state index is 0.158. The van der Waals surface area contributed by atoms with E-state index in [4.69, 9.17) is 9.72 Å². The minimum atomic E-state index is -0.440. The van der Waals surface area contributed by atoms with Gasteiger partial charge in [0.05, 0.1) is 25.4 Å². The number of aliphatic hydroxyl groups excluding tert-OH is 1. The first-order valence-electron chi connectivity index (χ1n) is 7.70. The van der Waals surface area contributed by atoms with Gasteiger partial charge >= 0.3 is 0 Å². The molecular weight excluding hydrogens is 318 g/mol. The van der Waals surface area contributed by atoms with Crippen molar-refractivity contribution in [2.75, 3.05) is 24.7 Å². The van der Waals surface area contributed by atoms with Crippen LogP contribution in [0.15, 0.2) is 17.5 Å². The first-order valence-corrected chi connectivity index (χ1v) is 9.36. The van der Waals surface area contributed by atoms with Crippen LogP contribution in [0.4, 0.5) is 5.13 Å². The summed E-state index contributed by atoms with van der Waals surface area (Å²) < 4.78 is 10.1. The molecule has 0 aromatic carbocycles. The monoisotopic (exact) mass is 337 g/mol. The van der Waals surface area contributed by atoms with E-state index in [0.717, 1.165) is 22.4 Å². The van der Waals surface area contributed by atoms with E-state index in [-0.39, 0.29) is 6.04 Å². The van der Waals surface area contributed by atoms with Gasteiger partial charge in [-0.15, -0.1) is 11.3 Å². The number of rotatable bonds is 5. The number of hydrogen-bond donors (Lipinski definition) is 1. The first-order chi connectivity index (χ1) is 10.8. The molecule has 118 valence electrons. The standard InChI is InChI=1S/C15H19N3O2S2/c19-12(13-2-1-7-21-13)8-11-9-20-6-5-18(11)15-16-14(17-22-15)10-3-4-10/h1-2,7,10-12,19H,3-6,8-9H2/t11-,12-/m0/s1. The van der Waals surface area contributed by atoms with Crippen molar-refractivity contribution in [1.82, 2.24) is 9.36 Å². The lowest BCUT2D eigenvalue weighted by Gasteiger charge is -2.36. The summed E-state index contributed by atoms with van der Waals surface area (Å²) in [6.45, 7) is 2.17. The molecule has 4 rings (SSSR count). The molecule has 3 heterocycles. The largest absolute Gasteiger partial charge is 0.387 e. The van der Waals surface area contributed by atoms with Gasteiger partial charge in [0.25, 0.3) is 0 Å². The molecule has 7 heteroatoms. The van der Waals surface area contributed by atoms with Crippen molar-refractivity contribution in [1.29, 1.82) is 0 Å². The number of anilines is 1. The summed E-state index contributed by atoms with van der Waals surface area (Å²) in [6.07, 6.45) is 2.67. The van der Waals surface area contributed by atoms with Gasteiger partial charge in [-0.05, 0) is 24.3 Å². The predicted molar refractivity (Wildman–Crippen MR) is 87.7 cm³/mol. The predicted octanol–water partition coefficient (Wildman–Crippen LogP) is 2.81. The van der Waals surface area contributed by atoms with Crippen LogP contribution in [0.25, 0.3) is 0 Å². The normalized spacial score (nSPS) is 23.7. The number of hydrogen-bond acceptors (Lipinski definition) is 7. The fourth-order valence-electron chi connectivity index (χ4n) is 2.81. The number of aliphatic hydroxyl groups is 1. The van der Waals surface area contributed by atoms with Crippen molar-refractivity contribution < 1.29 is 9.84 Å². The van der Waals surface area contributed by atoms with Gasteiger partial charge in [0.15, 0.2) is 0 Å².